The van der Waals surface area contributed by atoms with Gasteiger partial charge in [-0.2, -0.15) is 0 Å². The van der Waals surface area contributed by atoms with Gasteiger partial charge in [0, 0.05) is 13.1 Å². The Kier molecular flexibility index (Phi) is 2.67. The fourth-order valence-electron chi connectivity index (χ4n) is 0.909. The molecule has 0 aromatic carbocycles. The maximum atomic E-state index is 10.1. The highest BCUT2D eigenvalue weighted by atomic mass is 16.1. The maximum Gasteiger partial charge on any atom is 0.216 e. The topological polar surface area (TPSA) is 41.1 Å². The molecule has 3 heteroatoms. The van der Waals surface area contributed by atoms with Crippen molar-refractivity contribution >= 4 is 6.29 Å². The molecule has 0 amide bonds. The summed E-state index contributed by atoms with van der Waals surface area (Å²) in [6.07, 6.45) is 2.81. The molecule has 3 nitrogen and oxygen atoms in total. The van der Waals surface area contributed by atoms with E-state index < -0.39 is 0 Å². The predicted molar refractivity (Wildman–Crippen MR) is 35.0 cm³/mol. The van der Waals surface area contributed by atoms with Gasteiger partial charge in [0.25, 0.3) is 0 Å². The molecule has 1 radical (unpaired) electrons. The summed E-state index contributed by atoms with van der Waals surface area (Å²) in [6, 6.07) is -0.0417. The molecule has 1 unspecified atom stereocenters. The van der Waals surface area contributed by atoms with Crippen LogP contribution in [-0.2, 0) is 4.79 Å². The van der Waals surface area contributed by atoms with Crippen LogP contribution in [0.25, 0.3) is 0 Å². The van der Waals surface area contributed by atoms with Crippen molar-refractivity contribution in [2.45, 2.75) is 12.5 Å². The van der Waals surface area contributed by atoms with E-state index in [1.165, 1.54) is 0 Å². The molecule has 1 saturated heterocycles. The lowest BCUT2D eigenvalue weighted by molar-refractivity contribution is 0.517. The molecular weight excluding hydrogens is 116 g/mol. The lowest BCUT2D eigenvalue weighted by Crippen LogP contribution is -2.30. The third-order valence-corrected chi connectivity index (χ3v) is 1.44. The fraction of sp³-hybridized carbons (Fsp3) is 0.833. The molecular formula is C6H11N2O. The second kappa shape index (κ2) is 3.58. The first-order valence-electron chi connectivity index (χ1n) is 3.25. The molecule has 1 aliphatic rings. The van der Waals surface area contributed by atoms with E-state index in [-0.39, 0.29) is 6.04 Å². The molecule has 1 aliphatic heterocycles. The Labute approximate surface area is 54.8 Å². The highest BCUT2D eigenvalue weighted by Gasteiger charge is 2.08. The minimum absolute atomic E-state index is 0.0417. The van der Waals surface area contributed by atoms with Gasteiger partial charge in [-0.3, -0.25) is 4.79 Å². The molecule has 2 N–H and O–H groups in total. The number of hydrogen-bond donors (Lipinski definition) is 2. The van der Waals surface area contributed by atoms with Crippen molar-refractivity contribution in [2.24, 2.45) is 0 Å². The van der Waals surface area contributed by atoms with Crippen molar-refractivity contribution in [3.8, 4) is 0 Å². The molecule has 51 valence electrons. The third kappa shape index (κ3) is 2.11. The molecule has 9 heavy (non-hydrogen) atoms. The standard InChI is InChI=1S/C6H11N2O/c9-5-6-1-2-7-3-4-8-6/h6-8H,1-4H2. The Morgan fingerprint density at radius 3 is 3.00 bits per heavy atom. The quantitative estimate of drug-likeness (QED) is 0.477. The van der Waals surface area contributed by atoms with Crippen LogP contribution in [0.3, 0.4) is 0 Å². The molecule has 1 atom stereocenters. The first kappa shape index (κ1) is 6.71. The molecule has 0 spiro atoms. The summed E-state index contributed by atoms with van der Waals surface area (Å²) >= 11 is 0. The van der Waals surface area contributed by atoms with E-state index in [2.05, 4.69) is 10.6 Å². The first-order valence-corrected chi connectivity index (χ1v) is 3.25. The Balaban J connectivity index is 2.26. The van der Waals surface area contributed by atoms with Crippen LogP contribution in [0.4, 0.5) is 0 Å². The number of rotatable bonds is 1. The molecule has 1 heterocycles. The minimum atomic E-state index is -0.0417. The zero-order valence-electron chi connectivity index (χ0n) is 5.31. The van der Waals surface area contributed by atoms with Crippen molar-refractivity contribution in [1.29, 1.82) is 0 Å². The fourth-order valence-corrected chi connectivity index (χ4v) is 0.909. The van der Waals surface area contributed by atoms with Gasteiger partial charge in [0.1, 0.15) is 0 Å². The summed E-state index contributed by atoms with van der Waals surface area (Å²) in [7, 11) is 0. The van der Waals surface area contributed by atoms with Gasteiger partial charge in [-0.25, -0.2) is 0 Å². The average molecular weight is 127 g/mol. The Morgan fingerprint density at radius 2 is 2.22 bits per heavy atom. The normalized spacial score (nSPS) is 29.1. The SMILES string of the molecule is O=[C]C1CCNCCN1. The highest BCUT2D eigenvalue weighted by Crippen LogP contribution is 1.88. The summed E-state index contributed by atoms with van der Waals surface area (Å²) in [4.78, 5) is 10.1. The zero-order chi connectivity index (χ0) is 6.53. The van der Waals surface area contributed by atoms with E-state index in [0.717, 1.165) is 26.1 Å². The van der Waals surface area contributed by atoms with Crippen molar-refractivity contribution in [1.82, 2.24) is 10.6 Å². The van der Waals surface area contributed by atoms with Crippen molar-refractivity contribution < 1.29 is 4.79 Å². The maximum absolute atomic E-state index is 10.1. The van der Waals surface area contributed by atoms with Gasteiger partial charge < -0.3 is 10.6 Å². The molecule has 0 aliphatic carbocycles. The van der Waals surface area contributed by atoms with Crippen LogP contribution in [0.5, 0.6) is 0 Å². The van der Waals surface area contributed by atoms with E-state index in [4.69, 9.17) is 0 Å². The van der Waals surface area contributed by atoms with Crippen LogP contribution >= 0.6 is 0 Å². The largest absolute Gasteiger partial charge is 0.315 e. The van der Waals surface area contributed by atoms with E-state index in [1.54, 1.807) is 0 Å². The Hall–Kier alpha value is -0.410. The van der Waals surface area contributed by atoms with Crippen LogP contribution in [-0.4, -0.2) is 32.0 Å². The van der Waals surface area contributed by atoms with E-state index in [9.17, 15) is 4.79 Å². The average Bonchev–Trinajstić information content (AvgIpc) is 2.13. The molecule has 0 aromatic rings. The second-order valence-corrected chi connectivity index (χ2v) is 2.16. The minimum Gasteiger partial charge on any atom is -0.315 e. The van der Waals surface area contributed by atoms with Crippen LogP contribution < -0.4 is 10.6 Å². The van der Waals surface area contributed by atoms with Crippen LogP contribution in [0, 0.1) is 0 Å². The molecule has 1 rings (SSSR count). The summed E-state index contributed by atoms with van der Waals surface area (Å²) < 4.78 is 0. The van der Waals surface area contributed by atoms with E-state index in [0.29, 0.717) is 0 Å². The lowest BCUT2D eigenvalue weighted by atomic mass is 10.2. The number of hydrogen-bond acceptors (Lipinski definition) is 3. The third-order valence-electron chi connectivity index (χ3n) is 1.44. The number of nitrogens with one attached hydrogen (secondary N) is 2. The highest BCUT2D eigenvalue weighted by molar-refractivity contribution is 5.58. The summed E-state index contributed by atoms with van der Waals surface area (Å²) in [6.45, 7) is 2.75. The molecule has 0 saturated carbocycles. The summed E-state index contributed by atoms with van der Waals surface area (Å²) in [5.41, 5.74) is 0. The summed E-state index contributed by atoms with van der Waals surface area (Å²) in [5, 5.41) is 6.22. The van der Waals surface area contributed by atoms with E-state index in [1.807, 2.05) is 6.29 Å². The van der Waals surface area contributed by atoms with Crippen molar-refractivity contribution in [2.75, 3.05) is 19.6 Å². The second-order valence-electron chi connectivity index (χ2n) is 2.16. The molecule has 0 bridgehead atoms. The van der Waals surface area contributed by atoms with Crippen molar-refractivity contribution in [3.63, 3.8) is 0 Å². The van der Waals surface area contributed by atoms with Crippen LogP contribution in [0.2, 0.25) is 0 Å². The Morgan fingerprint density at radius 1 is 1.33 bits per heavy atom. The first-order chi connectivity index (χ1) is 4.43. The van der Waals surface area contributed by atoms with Gasteiger partial charge in [0.05, 0.1) is 6.04 Å². The van der Waals surface area contributed by atoms with Crippen molar-refractivity contribution in [3.05, 3.63) is 0 Å². The smallest absolute Gasteiger partial charge is 0.216 e. The number of carbonyl (C=O) groups excluding carboxylic acids is 1. The van der Waals surface area contributed by atoms with Gasteiger partial charge in [0.2, 0.25) is 6.29 Å². The van der Waals surface area contributed by atoms with Gasteiger partial charge >= 0.3 is 0 Å². The monoisotopic (exact) mass is 127 g/mol. The lowest BCUT2D eigenvalue weighted by Gasteiger charge is -2.03. The van der Waals surface area contributed by atoms with Gasteiger partial charge in [0.15, 0.2) is 0 Å². The molecule has 0 aromatic heterocycles. The Bertz CT molecular complexity index is 87.1. The van der Waals surface area contributed by atoms with Gasteiger partial charge in [-0.1, -0.05) is 0 Å². The van der Waals surface area contributed by atoms with Crippen LogP contribution in [0.15, 0.2) is 0 Å². The summed E-state index contributed by atoms with van der Waals surface area (Å²) in [5.74, 6) is 0. The molecule has 1 fully saturated rings. The van der Waals surface area contributed by atoms with E-state index >= 15 is 0 Å². The van der Waals surface area contributed by atoms with Gasteiger partial charge in [-0.05, 0) is 13.0 Å². The predicted octanol–water partition coefficient (Wildman–Crippen LogP) is -0.952. The zero-order valence-corrected chi connectivity index (χ0v) is 5.31. The van der Waals surface area contributed by atoms with Crippen LogP contribution in [0.1, 0.15) is 6.42 Å². The van der Waals surface area contributed by atoms with Gasteiger partial charge in [-0.15, -0.1) is 0 Å².